The van der Waals surface area contributed by atoms with Crippen molar-refractivity contribution >= 4 is 27.5 Å². The molecular weight excluding hydrogens is 329 g/mol. The van der Waals surface area contributed by atoms with Gasteiger partial charge in [-0.05, 0) is 6.92 Å². The fourth-order valence-electron chi connectivity index (χ4n) is 1.99. The number of rotatable bonds is 4. The number of alkyl halides is 3. The molecule has 0 aliphatic rings. The third-order valence-electron chi connectivity index (χ3n) is 3.08. The first-order valence-electron chi connectivity index (χ1n) is 6.64. The van der Waals surface area contributed by atoms with Gasteiger partial charge in [0.1, 0.15) is 16.7 Å². The van der Waals surface area contributed by atoms with Gasteiger partial charge in [0.2, 0.25) is 5.01 Å². The van der Waals surface area contributed by atoms with E-state index in [1.54, 1.807) is 12.4 Å². The van der Waals surface area contributed by atoms with E-state index in [0.29, 0.717) is 24.3 Å². The minimum atomic E-state index is -4.49. The SMILES string of the molecule is Cc1nccnc1CCNc1ncnc2sc(C(F)(F)F)nc12. The molecule has 6 nitrogen and oxygen atoms in total. The van der Waals surface area contributed by atoms with Gasteiger partial charge in [-0.2, -0.15) is 13.2 Å². The van der Waals surface area contributed by atoms with Crippen LogP contribution in [0.4, 0.5) is 19.0 Å². The number of fused-ring (bicyclic) bond motifs is 1. The Labute approximate surface area is 132 Å². The number of halogens is 3. The molecule has 120 valence electrons. The zero-order chi connectivity index (χ0) is 16.4. The van der Waals surface area contributed by atoms with Crippen molar-refractivity contribution in [2.24, 2.45) is 0 Å². The molecule has 3 heterocycles. The first-order chi connectivity index (χ1) is 10.9. The molecule has 3 rings (SSSR count). The van der Waals surface area contributed by atoms with Gasteiger partial charge in [-0.25, -0.2) is 15.0 Å². The summed E-state index contributed by atoms with van der Waals surface area (Å²) in [7, 11) is 0. The standard InChI is InChI=1S/C13H11F3N6S/c1-7-8(18-5-4-17-7)2-3-19-10-9-11(21-6-20-10)23-12(22-9)13(14,15)16/h4-6H,2-3H2,1H3,(H,19,20,21). The molecule has 0 atom stereocenters. The molecule has 0 aliphatic carbocycles. The van der Waals surface area contributed by atoms with E-state index in [4.69, 9.17) is 0 Å². The highest BCUT2D eigenvalue weighted by molar-refractivity contribution is 7.18. The molecule has 3 aromatic rings. The molecule has 1 N–H and O–H groups in total. The lowest BCUT2D eigenvalue weighted by molar-refractivity contribution is -0.137. The summed E-state index contributed by atoms with van der Waals surface area (Å²) in [6, 6.07) is 0. The van der Waals surface area contributed by atoms with Crippen LogP contribution in [0.5, 0.6) is 0 Å². The van der Waals surface area contributed by atoms with Crippen molar-refractivity contribution in [3.05, 3.63) is 35.1 Å². The van der Waals surface area contributed by atoms with Crippen LogP contribution in [0, 0.1) is 6.92 Å². The van der Waals surface area contributed by atoms with Gasteiger partial charge >= 0.3 is 6.18 Å². The van der Waals surface area contributed by atoms with Crippen LogP contribution >= 0.6 is 11.3 Å². The molecule has 0 fully saturated rings. The Morgan fingerprint density at radius 3 is 2.65 bits per heavy atom. The highest BCUT2D eigenvalue weighted by Gasteiger charge is 2.35. The third kappa shape index (κ3) is 3.36. The zero-order valence-corrected chi connectivity index (χ0v) is 12.7. The number of nitrogens with one attached hydrogen (secondary N) is 1. The Kier molecular flexibility index (Phi) is 4.07. The Morgan fingerprint density at radius 1 is 1.13 bits per heavy atom. The van der Waals surface area contributed by atoms with E-state index in [1.807, 2.05) is 6.92 Å². The fraction of sp³-hybridized carbons (Fsp3) is 0.308. The van der Waals surface area contributed by atoms with Crippen LogP contribution in [0.25, 0.3) is 10.3 Å². The van der Waals surface area contributed by atoms with Crippen LogP contribution in [0.15, 0.2) is 18.7 Å². The van der Waals surface area contributed by atoms with E-state index in [-0.39, 0.29) is 16.2 Å². The predicted molar refractivity (Wildman–Crippen MR) is 79.2 cm³/mol. The maximum absolute atomic E-state index is 12.7. The van der Waals surface area contributed by atoms with Crippen LogP contribution in [-0.2, 0) is 12.6 Å². The van der Waals surface area contributed by atoms with Crippen LogP contribution in [0.2, 0.25) is 0 Å². The summed E-state index contributed by atoms with van der Waals surface area (Å²) in [6.45, 7) is 2.30. The average Bonchev–Trinajstić information content (AvgIpc) is 2.94. The molecule has 0 saturated heterocycles. The van der Waals surface area contributed by atoms with Gasteiger partial charge in [0.05, 0.1) is 11.4 Å². The fourth-order valence-corrected chi connectivity index (χ4v) is 2.76. The molecule has 0 spiro atoms. The molecular formula is C13H11F3N6S. The van der Waals surface area contributed by atoms with Crippen LogP contribution in [-0.4, -0.2) is 31.5 Å². The summed E-state index contributed by atoms with van der Waals surface area (Å²) in [6.07, 6.45) is 0.507. The van der Waals surface area contributed by atoms with Crippen molar-refractivity contribution in [1.29, 1.82) is 0 Å². The number of hydrogen-bond donors (Lipinski definition) is 1. The van der Waals surface area contributed by atoms with Gasteiger partial charge in [0, 0.05) is 25.4 Å². The van der Waals surface area contributed by atoms with Gasteiger partial charge in [0.15, 0.2) is 5.82 Å². The Hall–Kier alpha value is -2.36. The van der Waals surface area contributed by atoms with E-state index >= 15 is 0 Å². The van der Waals surface area contributed by atoms with Crippen molar-refractivity contribution in [3.63, 3.8) is 0 Å². The molecule has 0 aromatic carbocycles. The summed E-state index contributed by atoms with van der Waals surface area (Å²) in [5, 5.41) is 2.06. The number of aromatic nitrogens is 5. The predicted octanol–water partition coefficient (Wildman–Crippen LogP) is 2.86. The van der Waals surface area contributed by atoms with E-state index in [9.17, 15) is 13.2 Å². The number of aryl methyl sites for hydroxylation is 1. The second-order valence-corrected chi connectivity index (χ2v) is 5.64. The minimum Gasteiger partial charge on any atom is -0.368 e. The average molecular weight is 340 g/mol. The Morgan fingerprint density at radius 2 is 1.91 bits per heavy atom. The van der Waals surface area contributed by atoms with Crippen LogP contribution in [0.1, 0.15) is 16.4 Å². The van der Waals surface area contributed by atoms with Crippen molar-refractivity contribution in [2.75, 3.05) is 11.9 Å². The maximum atomic E-state index is 12.7. The normalized spacial score (nSPS) is 11.8. The molecule has 0 bridgehead atoms. The molecule has 10 heteroatoms. The van der Waals surface area contributed by atoms with E-state index < -0.39 is 11.2 Å². The Balaban J connectivity index is 1.78. The molecule has 0 saturated carbocycles. The van der Waals surface area contributed by atoms with Gasteiger partial charge in [-0.3, -0.25) is 9.97 Å². The first kappa shape index (κ1) is 15.5. The monoisotopic (exact) mass is 340 g/mol. The number of nitrogens with zero attached hydrogens (tertiary/aromatic N) is 5. The van der Waals surface area contributed by atoms with Gasteiger partial charge in [-0.1, -0.05) is 11.3 Å². The zero-order valence-electron chi connectivity index (χ0n) is 11.9. The van der Waals surface area contributed by atoms with Crippen molar-refractivity contribution < 1.29 is 13.2 Å². The number of anilines is 1. The van der Waals surface area contributed by atoms with Crippen molar-refractivity contribution in [1.82, 2.24) is 24.9 Å². The topological polar surface area (TPSA) is 76.5 Å². The molecule has 0 radical (unpaired) electrons. The second kappa shape index (κ2) is 6.03. The molecule has 0 aliphatic heterocycles. The van der Waals surface area contributed by atoms with E-state index in [2.05, 4.69) is 30.2 Å². The minimum absolute atomic E-state index is 0.126. The largest absolute Gasteiger partial charge is 0.443 e. The van der Waals surface area contributed by atoms with Gasteiger partial charge < -0.3 is 5.32 Å². The van der Waals surface area contributed by atoms with E-state index in [1.165, 1.54) is 6.33 Å². The lowest BCUT2D eigenvalue weighted by Crippen LogP contribution is -2.09. The molecule has 23 heavy (non-hydrogen) atoms. The van der Waals surface area contributed by atoms with Gasteiger partial charge in [0.25, 0.3) is 0 Å². The summed E-state index contributed by atoms with van der Waals surface area (Å²) in [5.41, 5.74) is 1.76. The van der Waals surface area contributed by atoms with Crippen molar-refractivity contribution in [2.45, 2.75) is 19.5 Å². The highest BCUT2D eigenvalue weighted by Crippen LogP contribution is 2.35. The summed E-state index contributed by atoms with van der Waals surface area (Å²) < 4.78 is 38.2. The molecule has 3 aromatic heterocycles. The van der Waals surface area contributed by atoms with Crippen molar-refractivity contribution in [3.8, 4) is 0 Å². The highest BCUT2D eigenvalue weighted by atomic mass is 32.1. The van der Waals surface area contributed by atoms with E-state index in [0.717, 1.165) is 11.4 Å². The second-order valence-electron chi connectivity index (χ2n) is 4.66. The smallest absolute Gasteiger partial charge is 0.368 e. The lowest BCUT2D eigenvalue weighted by Gasteiger charge is -2.06. The van der Waals surface area contributed by atoms with Gasteiger partial charge in [-0.15, -0.1) is 0 Å². The number of thiazole rings is 1. The molecule has 0 unspecified atom stereocenters. The Bertz CT molecular complexity index is 832. The number of hydrogen-bond acceptors (Lipinski definition) is 7. The summed E-state index contributed by atoms with van der Waals surface area (Å²) >= 11 is 0.501. The quantitative estimate of drug-likeness (QED) is 0.787. The van der Waals surface area contributed by atoms with Crippen LogP contribution < -0.4 is 5.32 Å². The molecule has 0 amide bonds. The third-order valence-corrected chi connectivity index (χ3v) is 4.08. The summed E-state index contributed by atoms with van der Waals surface area (Å²) in [4.78, 5) is 20.0. The first-order valence-corrected chi connectivity index (χ1v) is 7.46. The summed E-state index contributed by atoms with van der Waals surface area (Å²) in [5.74, 6) is 0.281. The lowest BCUT2D eigenvalue weighted by atomic mass is 10.2. The van der Waals surface area contributed by atoms with Crippen LogP contribution in [0.3, 0.4) is 0 Å². The maximum Gasteiger partial charge on any atom is 0.443 e.